The van der Waals surface area contributed by atoms with E-state index in [1.165, 1.54) is 5.56 Å². The third-order valence-electron chi connectivity index (χ3n) is 3.35. The van der Waals surface area contributed by atoms with Crippen molar-refractivity contribution >= 4 is 23.0 Å². The minimum Gasteiger partial charge on any atom is -0.355 e. The molecule has 21 heavy (non-hydrogen) atoms. The van der Waals surface area contributed by atoms with Crippen molar-refractivity contribution in [3.8, 4) is 0 Å². The first-order valence-electron chi connectivity index (χ1n) is 7.36. The van der Waals surface area contributed by atoms with Gasteiger partial charge in [0, 0.05) is 23.5 Å². The Hall–Kier alpha value is -2.29. The van der Waals surface area contributed by atoms with Gasteiger partial charge in [0.05, 0.1) is 0 Å². The van der Waals surface area contributed by atoms with Gasteiger partial charge in [0.15, 0.2) is 0 Å². The molecule has 0 aliphatic heterocycles. The molecule has 0 aliphatic carbocycles. The minimum absolute atomic E-state index is 0.0286. The zero-order chi connectivity index (χ0) is 15.2. The molecular formula is C18H22N2O. The number of para-hydroxylation sites is 1. The number of nitrogens with one attached hydrogen (secondary N) is 2. The van der Waals surface area contributed by atoms with Gasteiger partial charge >= 0.3 is 0 Å². The fourth-order valence-corrected chi connectivity index (χ4v) is 2.16. The molecule has 2 aromatic rings. The first-order valence-corrected chi connectivity index (χ1v) is 7.36. The maximum absolute atomic E-state index is 11.4. The molecule has 2 rings (SSSR count). The molecule has 1 amide bonds. The van der Waals surface area contributed by atoms with E-state index in [0.717, 1.165) is 17.1 Å². The number of carbonyl (C=O) groups excluding carboxylic acids is 1. The standard InChI is InChI=1S/C18H22N2O/c1-4-18(21)20-15-11-9-14(10-12-15)19-17-8-6-5-7-16(17)13(2)3/h5-13,19H,4H2,1-3H3,(H,20,21). The molecule has 2 aromatic carbocycles. The Morgan fingerprint density at radius 3 is 2.24 bits per heavy atom. The number of hydrogen-bond donors (Lipinski definition) is 2. The average Bonchev–Trinajstić information content (AvgIpc) is 2.49. The smallest absolute Gasteiger partial charge is 0.224 e. The van der Waals surface area contributed by atoms with E-state index in [4.69, 9.17) is 0 Å². The van der Waals surface area contributed by atoms with Crippen molar-refractivity contribution in [3.63, 3.8) is 0 Å². The summed E-state index contributed by atoms with van der Waals surface area (Å²) < 4.78 is 0. The predicted octanol–water partition coefficient (Wildman–Crippen LogP) is 4.90. The van der Waals surface area contributed by atoms with Crippen LogP contribution in [0.15, 0.2) is 48.5 Å². The number of hydrogen-bond acceptors (Lipinski definition) is 2. The average molecular weight is 282 g/mol. The number of amides is 1. The highest BCUT2D eigenvalue weighted by Gasteiger charge is 2.06. The van der Waals surface area contributed by atoms with Crippen LogP contribution < -0.4 is 10.6 Å². The molecule has 110 valence electrons. The van der Waals surface area contributed by atoms with Crippen LogP contribution in [0, 0.1) is 0 Å². The molecule has 0 spiro atoms. The van der Waals surface area contributed by atoms with Crippen LogP contribution in [0.5, 0.6) is 0 Å². The van der Waals surface area contributed by atoms with Crippen molar-refractivity contribution in [2.75, 3.05) is 10.6 Å². The Balaban J connectivity index is 2.12. The summed E-state index contributed by atoms with van der Waals surface area (Å²) in [7, 11) is 0. The van der Waals surface area contributed by atoms with Crippen LogP contribution in [0.25, 0.3) is 0 Å². The second-order valence-corrected chi connectivity index (χ2v) is 5.35. The maximum Gasteiger partial charge on any atom is 0.224 e. The van der Waals surface area contributed by atoms with Gasteiger partial charge in [0.25, 0.3) is 0 Å². The molecule has 0 aliphatic rings. The summed E-state index contributed by atoms with van der Waals surface area (Å²) in [5.74, 6) is 0.498. The zero-order valence-corrected chi connectivity index (χ0v) is 12.8. The van der Waals surface area contributed by atoms with Crippen LogP contribution in [0.3, 0.4) is 0 Å². The van der Waals surface area contributed by atoms with Crippen molar-refractivity contribution in [3.05, 3.63) is 54.1 Å². The Morgan fingerprint density at radius 1 is 1.00 bits per heavy atom. The van der Waals surface area contributed by atoms with Crippen LogP contribution in [-0.4, -0.2) is 5.91 Å². The van der Waals surface area contributed by atoms with Crippen molar-refractivity contribution in [2.24, 2.45) is 0 Å². The summed E-state index contributed by atoms with van der Waals surface area (Å²) in [6, 6.07) is 16.1. The Labute approximate surface area is 126 Å². The molecule has 0 atom stereocenters. The Bertz CT molecular complexity index is 603. The first kappa shape index (κ1) is 15.1. The van der Waals surface area contributed by atoms with E-state index in [9.17, 15) is 4.79 Å². The number of benzene rings is 2. The fraction of sp³-hybridized carbons (Fsp3) is 0.278. The second kappa shape index (κ2) is 6.93. The van der Waals surface area contributed by atoms with Gasteiger partial charge in [-0.25, -0.2) is 0 Å². The molecule has 0 fully saturated rings. The second-order valence-electron chi connectivity index (χ2n) is 5.35. The highest BCUT2D eigenvalue weighted by Crippen LogP contribution is 2.27. The molecule has 0 saturated carbocycles. The van der Waals surface area contributed by atoms with E-state index in [1.54, 1.807) is 0 Å². The summed E-state index contributed by atoms with van der Waals surface area (Å²) in [5.41, 5.74) is 4.25. The monoisotopic (exact) mass is 282 g/mol. The number of rotatable bonds is 5. The first-order chi connectivity index (χ1) is 10.1. The lowest BCUT2D eigenvalue weighted by Gasteiger charge is -2.15. The van der Waals surface area contributed by atoms with Crippen LogP contribution in [-0.2, 0) is 4.79 Å². The van der Waals surface area contributed by atoms with E-state index in [1.807, 2.05) is 37.3 Å². The molecule has 3 nitrogen and oxygen atoms in total. The summed E-state index contributed by atoms with van der Waals surface area (Å²) in [6.07, 6.45) is 0.488. The fourth-order valence-electron chi connectivity index (χ4n) is 2.16. The Morgan fingerprint density at radius 2 is 1.62 bits per heavy atom. The lowest BCUT2D eigenvalue weighted by Crippen LogP contribution is -2.09. The maximum atomic E-state index is 11.4. The third-order valence-corrected chi connectivity index (χ3v) is 3.35. The molecule has 2 N–H and O–H groups in total. The van der Waals surface area contributed by atoms with Gasteiger partial charge < -0.3 is 10.6 Å². The largest absolute Gasteiger partial charge is 0.355 e. The SMILES string of the molecule is CCC(=O)Nc1ccc(Nc2ccccc2C(C)C)cc1. The quantitative estimate of drug-likeness (QED) is 0.818. The van der Waals surface area contributed by atoms with Crippen LogP contribution in [0.2, 0.25) is 0 Å². The van der Waals surface area contributed by atoms with Gasteiger partial charge in [0.2, 0.25) is 5.91 Å². The van der Waals surface area contributed by atoms with Crippen molar-refractivity contribution in [2.45, 2.75) is 33.1 Å². The molecule has 0 radical (unpaired) electrons. The number of anilines is 3. The summed E-state index contributed by atoms with van der Waals surface area (Å²) in [4.78, 5) is 11.4. The predicted molar refractivity (Wildman–Crippen MR) is 89.2 cm³/mol. The molecule has 0 saturated heterocycles. The minimum atomic E-state index is 0.0286. The van der Waals surface area contributed by atoms with Crippen molar-refractivity contribution in [1.82, 2.24) is 0 Å². The van der Waals surface area contributed by atoms with Crippen molar-refractivity contribution < 1.29 is 4.79 Å². The van der Waals surface area contributed by atoms with E-state index >= 15 is 0 Å². The normalized spacial score (nSPS) is 10.5. The molecule has 0 unspecified atom stereocenters. The molecule has 0 aromatic heterocycles. The van der Waals surface area contributed by atoms with E-state index in [0.29, 0.717) is 12.3 Å². The summed E-state index contributed by atoms with van der Waals surface area (Å²) in [6.45, 7) is 6.21. The lowest BCUT2D eigenvalue weighted by molar-refractivity contribution is -0.115. The lowest BCUT2D eigenvalue weighted by atomic mass is 10.0. The van der Waals surface area contributed by atoms with E-state index in [-0.39, 0.29) is 5.91 Å². The molecule has 3 heteroatoms. The number of carbonyl (C=O) groups is 1. The highest BCUT2D eigenvalue weighted by molar-refractivity contribution is 5.90. The van der Waals surface area contributed by atoms with Crippen molar-refractivity contribution in [1.29, 1.82) is 0 Å². The van der Waals surface area contributed by atoms with Crippen LogP contribution in [0.1, 0.15) is 38.7 Å². The van der Waals surface area contributed by atoms with E-state index < -0.39 is 0 Å². The summed E-state index contributed by atoms with van der Waals surface area (Å²) >= 11 is 0. The third kappa shape index (κ3) is 4.09. The van der Waals surface area contributed by atoms with Gasteiger partial charge in [-0.15, -0.1) is 0 Å². The van der Waals surface area contributed by atoms with Crippen LogP contribution in [0.4, 0.5) is 17.1 Å². The van der Waals surface area contributed by atoms with Gasteiger partial charge in [-0.2, -0.15) is 0 Å². The molecule has 0 bridgehead atoms. The topological polar surface area (TPSA) is 41.1 Å². The molecule has 0 heterocycles. The highest BCUT2D eigenvalue weighted by atomic mass is 16.1. The van der Waals surface area contributed by atoms with Gasteiger partial charge in [-0.1, -0.05) is 39.0 Å². The zero-order valence-electron chi connectivity index (χ0n) is 12.8. The summed E-state index contributed by atoms with van der Waals surface area (Å²) in [5, 5.41) is 6.28. The van der Waals surface area contributed by atoms with Crippen LogP contribution >= 0.6 is 0 Å². The molecular weight excluding hydrogens is 260 g/mol. The van der Waals surface area contributed by atoms with Gasteiger partial charge in [0.1, 0.15) is 0 Å². The Kier molecular flexibility index (Phi) is 4.99. The van der Waals surface area contributed by atoms with E-state index in [2.05, 4.69) is 42.7 Å². The van der Waals surface area contributed by atoms with Gasteiger partial charge in [-0.05, 0) is 41.8 Å². The van der Waals surface area contributed by atoms with Gasteiger partial charge in [-0.3, -0.25) is 4.79 Å².